The van der Waals surface area contributed by atoms with Crippen LogP contribution < -0.4 is 0 Å². The molecule has 0 heterocycles. The van der Waals surface area contributed by atoms with E-state index in [1.54, 1.807) is 19.1 Å². The summed E-state index contributed by atoms with van der Waals surface area (Å²) in [5, 5.41) is 0. The van der Waals surface area contributed by atoms with E-state index in [2.05, 4.69) is 29.5 Å². The van der Waals surface area contributed by atoms with Gasteiger partial charge in [0.1, 0.15) is 0 Å². The molecule has 0 spiro atoms. The van der Waals surface area contributed by atoms with Crippen LogP contribution in [0.4, 0.5) is 0 Å². The second kappa shape index (κ2) is 16.9. The van der Waals surface area contributed by atoms with E-state index in [1.807, 2.05) is 37.3 Å². The van der Waals surface area contributed by atoms with Crippen LogP contribution in [0.3, 0.4) is 0 Å². The van der Waals surface area contributed by atoms with Crippen molar-refractivity contribution in [1.82, 2.24) is 0 Å². The highest BCUT2D eigenvalue weighted by Crippen LogP contribution is 2.19. The molecule has 1 rings (SSSR count). The van der Waals surface area contributed by atoms with Crippen molar-refractivity contribution >= 4 is 29.9 Å². The van der Waals surface area contributed by atoms with E-state index in [0.29, 0.717) is 12.2 Å². The fraction of sp³-hybridized carbons (Fsp3) is 0.280. The van der Waals surface area contributed by atoms with Crippen LogP contribution in [0.15, 0.2) is 78.4 Å². The van der Waals surface area contributed by atoms with Crippen LogP contribution >= 0.6 is 0 Å². The number of carbonyl (C=O) groups excluding carboxylic acids is 4. The lowest BCUT2D eigenvalue weighted by atomic mass is 9.91. The average Bonchev–Trinajstić information content (AvgIpc) is 2.80. The van der Waals surface area contributed by atoms with Crippen molar-refractivity contribution in [2.45, 2.75) is 26.7 Å². The first kappa shape index (κ1) is 28.2. The maximum Gasteiger partial charge on any atom is 0.336 e. The molecule has 0 aliphatic rings. The number of ether oxygens (including phenoxy) is 2. The van der Waals surface area contributed by atoms with Crippen molar-refractivity contribution in [1.29, 1.82) is 0 Å². The number of unbranched alkanes of at least 4 members (excludes halogenated alkanes) is 1. The molecule has 0 bridgehead atoms. The quantitative estimate of drug-likeness (QED) is 0.158. The Labute approximate surface area is 188 Å². The molecule has 170 valence electrons. The number of ketones is 1. The second-order valence-corrected chi connectivity index (χ2v) is 6.45. The fourth-order valence-corrected chi connectivity index (χ4v) is 2.11. The molecule has 0 aromatic heterocycles. The predicted octanol–water partition coefficient (Wildman–Crippen LogP) is 4.37. The van der Waals surface area contributed by atoms with Gasteiger partial charge in [0.2, 0.25) is 6.08 Å². The maximum atomic E-state index is 12.2. The maximum absolute atomic E-state index is 12.2. The van der Waals surface area contributed by atoms with Crippen molar-refractivity contribution in [2.24, 2.45) is 10.9 Å². The number of Topliss-reactive ketones (excluding diaryl/α,β-unsaturated/α-hetero) is 1. The summed E-state index contributed by atoms with van der Waals surface area (Å²) in [4.78, 5) is 47.5. The molecule has 0 saturated heterocycles. The molecule has 32 heavy (non-hydrogen) atoms. The summed E-state index contributed by atoms with van der Waals surface area (Å²) in [5.41, 5.74) is 1.12. The Morgan fingerprint density at radius 2 is 1.81 bits per heavy atom. The Morgan fingerprint density at radius 3 is 2.34 bits per heavy atom. The summed E-state index contributed by atoms with van der Waals surface area (Å²) in [5.74, 6) is -2.36. The van der Waals surface area contributed by atoms with Crippen LogP contribution in [-0.4, -0.2) is 37.1 Å². The number of aliphatic imine (C=N–C) groups is 1. The van der Waals surface area contributed by atoms with Crippen LogP contribution in [0.1, 0.15) is 32.3 Å². The van der Waals surface area contributed by atoms with Crippen LogP contribution in [0.25, 0.3) is 6.08 Å². The number of hydrogen-bond acceptors (Lipinski definition) is 7. The molecule has 1 atom stereocenters. The van der Waals surface area contributed by atoms with E-state index in [9.17, 15) is 19.2 Å². The summed E-state index contributed by atoms with van der Waals surface area (Å²) < 4.78 is 9.40. The highest BCUT2D eigenvalue weighted by atomic mass is 16.5. The Balaban J connectivity index is 0.000000900. The molecular weight excluding hydrogens is 410 g/mol. The van der Waals surface area contributed by atoms with Gasteiger partial charge in [0.05, 0.1) is 12.5 Å². The van der Waals surface area contributed by atoms with Gasteiger partial charge in [0, 0.05) is 11.6 Å². The second-order valence-electron chi connectivity index (χ2n) is 6.45. The van der Waals surface area contributed by atoms with E-state index in [0.717, 1.165) is 18.4 Å². The van der Waals surface area contributed by atoms with Crippen molar-refractivity contribution in [3.05, 3.63) is 78.9 Å². The number of esters is 2. The number of rotatable bonds is 12. The summed E-state index contributed by atoms with van der Waals surface area (Å²) >= 11 is 0. The third-order valence-corrected chi connectivity index (χ3v) is 3.86. The van der Waals surface area contributed by atoms with Crippen LogP contribution in [0.5, 0.6) is 0 Å². The Kier molecular flexibility index (Phi) is 14.9. The van der Waals surface area contributed by atoms with Gasteiger partial charge >= 0.3 is 11.9 Å². The normalized spacial score (nSPS) is 10.6. The molecule has 0 aliphatic carbocycles. The number of hydrogen-bond donors (Lipinski definition) is 0. The summed E-state index contributed by atoms with van der Waals surface area (Å²) in [6, 6.07) is 9.31. The minimum Gasteiger partial charge on any atom is -0.463 e. The predicted molar refractivity (Wildman–Crippen MR) is 123 cm³/mol. The first-order valence-corrected chi connectivity index (χ1v) is 9.90. The first-order chi connectivity index (χ1) is 15.3. The zero-order valence-electron chi connectivity index (χ0n) is 18.5. The topological polar surface area (TPSA) is 99.1 Å². The zero-order chi connectivity index (χ0) is 24.4. The highest BCUT2D eigenvalue weighted by molar-refractivity contribution is 6.05. The monoisotopic (exact) mass is 439 g/mol. The molecular formula is C25H29NO6. The first-order valence-electron chi connectivity index (χ1n) is 9.90. The molecule has 0 aliphatic heterocycles. The lowest BCUT2D eigenvalue weighted by Crippen LogP contribution is -2.21. The van der Waals surface area contributed by atoms with Crippen LogP contribution in [-0.2, 0) is 28.7 Å². The molecule has 0 amide bonds. The molecule has 1 aromatic carbocycles. The van der Waals surface area contributed by atoms with Crippen molar-refractivity contribution in [2.75, 3.05) is 13.3 Å². The fourth-order valence-electron chi connectivity index (χ4n) is 2.11. The minimum absolute atomic E-state index is 0.0497. The average molecular weight is 440 g/mol. The van der Waals surface area contributed by atoms with Crippen molar-refractivity contribution in [3.63, 3.8) is 0 Å². The Morgan fingerprint density at radius 1 is 1.16 bits per heavy atom. The molecule has 7 heteroatoms. The molecule has 7 nitrogen and oxygen atoms in total. The van der Waals surface area contributed by atoms with Gasteiger partial charge < -0.3 is 9.47 Å². The van der Waals surface area contributed by atoms with Crippen LogP contribution in [0.2, 0.25) is 0 Å². The molecule has 1 aromatic rings. The molecule has 0 fully saturated rings. The summed E-state index contributed by atoms with van der Waals surface area (Å²) in [6.07, 6.45) is 7.69. The van der Waals surface area contributed by atoms with Gasteiger partial charge in [-0.2, -0.15) is 4.99 Å². The van der Waals surface area contributed by atoms with E-state index in [4.69, 9.17) is 4.74 Å². The molecule has 0 N–H and O–H groups in total. The van der Waals surface area contributed by atoms with E-state index >= 15 is 0 Å². The minimum atomic E-state index is -0.889. The standard InChI is InChI=1S/C18H17NO4.C7H12O2/c1-13(2)17(21)16(10-9-15-7-5-4-6-8-15)14(3)18(22)23-12-19-11-20;1-3-5-6-9-7(8)4-2/h4-10,16H,1,3,12H2,2H3;4H,2-3,5-6H2,1H3. The van der Waals surface area contributed by atoms with Gasteiger partial charge in [-0.1, -0.05) is 75.6 Å². The number of nitrogens with zero attached hydrogens (tertiary/aromatic N) is 1. The van der Waals surface area contributed by atoms with E-state index in [-0.39, 0.29) is 17.3 Å². The summed E-state index contributed by atoms with van der Waals surface area (Å²) in [7, 11) is 0. The lowest BCUT2D eigenvalue weighted by Gasteiger charge is -2.13. The van der Waals surface area contributed by atoms with E-state index < -0.39 is 18.6 Å². The SMILES string of the molecule is C=C(C)C(=O)C(C=Cc1ccccc1)C(=C)C(=O)OCN=C=O.C=CC(=O)OCCCC. The van der Waals surface area contributed by atoms with Gasteiger partial charge in [0.15, 0.2) is 12.5 Å². The number of benzene rings is 1. The van der Waals surface area contributed by atoms with Gasteiger partial charge in [-0.3, -0.25) is 4.79 Å². The Bertz CT molecular complexity index is 879. The van der Waals surface area contributed by atoms with E-state index in [1.165, 1.54) is 12.2 Å². The third kappa shape index (κ3) is 12.0. The lowest BCUT2D eigenvalue weighted by molar-refractivity contribution is -0.140. The molecule has 1 unspecified atom stereocenters. The summed E-state index contributed by atoms with van der Waals surface area (Å²) in [6.45, 7) is 14.1. The zero-order valence-corrected chi connectivity index (χ0v) is 18.5. The smallest absolute Gasteiger partial charge is 0.336 e. The third-order valence-electron chi connectivity index (χ3n) is 3.86. The van der Waals surface area contributed by atoms with Crippen LogP contribution in [0, 0.1) is 5.92 Å². The van der Waals surface area contributed by atoms with Crippen molar-refractivity contribution in [3.8, 4) is 0 Å². The molecule has 0 radical (unpaired) electrons. The highest BCUT2D eigenvalue weighted by Gasteiger charge is 2.25. The van der Waals surface area contributed by atoms with Gasteiger partial charge in [-0.15, -0.1) is 0 Å². The van der Waals surface area contributed by atoms with Gasteiger partial charge in [0.25, 0.3) is 0 Å². The number of allylic oxidation sites excluding steroid dienone is 2. The Hall–Kier alpha value is -3.83. The number of isocyanates is 1. The van der Waals surface area contributed by atoms with Crippen molar-refractivity contribution < 1.29 is 28.7 Å². The number of carbonyl (C=O) groups is 3. The molecule has 0 saturated carbocycles. The van der Waals surface area contributed by atoms with Gasteiger partial charge in [-0.05, 0) is 24.5 Å². The largest absolute Gasteiger partial charge is 0.463 e. The van der Waals surface area contributed by atoms with Gasteiger partial charge in [-0.25, -0.2) is 14.4 Å².